The third-order valence-electron chi connectivity index (χ3n) is 3.62. The first-order valence-corrected chi connectivity index (χ1v) is 7.89. The van der Waals surface area contributed by atoms with Gasteiger partial charge in [-0.3, -0.25) is 9.59 Å². The number of amides is 2. The molecule has 128 valence electrons. The number of anilines is 2. The molecule has 3 N–H and O–H groups in total. The van der Waals surface area contributed by atoms with E-state index < -0.39 is 0 Å². The van der Waals surface area contributed by atoms with Gasteiger partial charge >= 0.3 is 0 Å². The first kappa shape index (κ1) is 18.3. The van der Waals surface area contributed by atoms with Gasteiger partial charge in [0.15, 0.2) is 0 Å². The fourth-order valence-corrected chi connectivity index (χ4v) is 2.49. The van der Waals surface area contributed by atoms with Crippen molar-refractivity contribution in [2.75, 3.05) is 24.2 Å². The molecule has 7 heteroatoms. The number of nitrogens with one attached hydrogen (secondary N) is 3. The minimum Gasteiger partial charge on any atom is -0.376 e. The second-order valence-corrected chi connectivity index (χ2v) is 5.67. The summed E-state index contributed by atoms with van der Waals surface area (Å²) in [4.78, 5) is 23.9. The summed E-state index contributed by atoms with van der Waals surface area (Å²) < 4.78 is 0. The van der Waals surface area contributed by atoms with Gasteiger partial charge in [0, 0.05) is 24.0 Å². The van der Waals surface area contributed by atoms with Crippen LogP contribution >= 0.6 is 11.6 Å². The number of hydrogen-bond acceptors (Lipinski definition) is 4. The van der Waals surface area contributed by atoms with Gasteiger partial charge in [-0.15, -0.1) is 0 Å². The van der Waals surface area contributed by atoms with Crippen LogP contribution in [0.25, 0.3) is 0 Å². The SMILES string of the molecule is CNC(=O)c1cccc(NCC(=O)Nc2ccc(C#N)c(Cl)c2)c1C. The Balaban J connectivity index is 2.02. The van der Waals surface area contributed by atoms with Crippen molar-refractivity contribution >= 4 is 34.8 Å². The highest BCUT2D eigenvalue weighted by Crippen LogP contribution is 2.21. The summed E-state index contributed by atoms with van der Waals surface area (Å²) in [5.74, 6) is -0.455. The van der Waals surface area contributed by atoms with Crippen molar-refractivity contribution in [2.45, 2.75) is 6.92 Å². The maximum Gasteiger partial charge on any atom is 0.251 e. The molecule has 0 fully saturated rings. The van der Waals surface area contributed by atoms with E-state index >= 15 is 0 Å². The number of nitrogens with zero attached hydrogens (tertiary/aromatic N) is 1. The van der Waals surface area contributed by atoms with Gasteiger partial charge < -0.3 is 16.0 Å². The molecule has 0 aliphatic rings. The van der Waals surface area contributed by atoms with Crippen molar-refractivity contribution in [1.29, 1.82) is 5.26 Å². The average molecular weight is 357 g/mol. The zero-order valence-corrected chi connectivity index (χ0v) is 14.6. The predicted molar refractivity (Wildman–Crippen MR) is 97.9 cm³/mol. The van der Waals surface area contributed by atoms with Crippen molar-refractivity contribution in [1.82, 2.24) is 5.32 Å². The quantitative estimate of drug-likeness (QED) is 0.767. The maximum atomic E-state index is 12.1. The summed E-state index contributed by atoms with van der Waals surface area (Å²) in [5.41, 5.74) is 2.86. The van der Waals surface area contributed by atoms with Gasteiger partial charge in [-0.25, -0.2) is 0 Å². The first-order chi connectivity index (χ1) is 12.0. The van der Waals surface area contributed by atoms with Crippen LogP contribution in [0.2, 0.25) is 5.02 Å². The van der Waals surface area contributed by atoms with E-state index in [1.165, 1.54) is 6.07 Å². The van der Waals surface area contributed by atoms with Crippen molar-refractivity contribution in [3.63, 3.8) is 0 Å². The molecule has 0 bridgehead atoms. The molecule has 0 atom stereocenters. The van der Waals surface area contributed by atoms with E-state index in [4.69, 9.17) is 16.9 Å². The molecule has 2 rings (SSSR count). The Hall–Kier alpha value is -3.04. The van der Waals surface area contributed by atoms with Crippen molar-refractivity contribution in [3.8, 4) is 6.07 Å². The molecule has 0 spiro atoms. The maximum absolute atomic E-state index is 12.1. The zero-order chi connectivity index (χ0) is 18.4. The van der Waals surface area contributed by atoms with Gasteiger partial charge in [-0.2, -0.15) is 5.26 Å². The lowest BCUT2D eigenvalue weighted by Gasteiger charge is -2.13. The Morgan fingerprint density at radius 1 is 1.24 bits per heavy atom. The molecule has 0 unspecified atom stereocenters. The number of nitriles is 1. The third kappa shape index (κ3) is 4.49. The van der Waals surface area contributed by atoms with Crippen LogP contribution in [0.3, 0.4) is 0 Å². The van der Waals surface area contributed by atoms with E-state index in [-0.39, 0.29) is 23.4 Å². The van der Waals surface area contributed by atoms with Crippen LogP contribution in [0.1, 0.15) is 21.5 Å². The molecule has 6 nitrogen and oxygen atoms in total. The van der Waals surface area contributed by atoms with Crippen LogP contribution in [0.15, 0.2) is 36.4 Å². The molecule has 0 aromatic heterocycles. The topological polar surface area (TPSA) is 94.0 Å². The molecule has 0 saturated carbocycles. The van der Waals surface area contributed by atoms with E-state index in [0.29, 0.717) is 22.5 Å². The third-order valence-corrected chi connectivity index (χ3v) is 3.93. The molecule has 25 heavy (non-hydrogen) atoms. The van der Waals surface area contributed by atoms with Crippen molar-refractivity contribution in [3.05, 3.63) is 58.1 Å². The number of hydrogen-bond donors (Lipinski definition) is 3. The number of benzene rings is 2. The summed E-state index contributed by atoms with van der Waals surface area (Å²) in [5, 5.41) is 17.4. The van der Waals surface area contributed by atoms with Crippen molar-refractivity contribution < 1.29 is 9.59 Å². The highest BCUT2D eigenvalue weighted by atomic mass is 35.5. The zero-order valence-electron chi connectivity index (χ0n) is 13.8. The Kier molecular flexibility index (Phi) is 5.98. The largest absolute Gasteiger partial charge is 0.376 e. The molecule has 0 aliphatic carbocycles. The summed E-state index contributed by atoms with van der Waals surface area (Å²) in [6, 6.07) is 11.9. The highest BCUT2D eigenvalue weighted by Gasteiger charge is 2.11. The first-order valence-electron chi connectivity index (χ1n) is 7.51. The summed E-state index contributed by atoms with van der Waals surface area (Å²) in [6.07, 6.45) is 0. The Bertz CT molecular complexity index is 859. The molecule has 0 saturated heterocycles. The number of carbonyl (C=O) groups is 2. The number of halogens is 1. The Labute approximate surface area is 150 Å². The molecule has 0 heterocycles. The van der Waals surface area contributed by atoms with E-state index in [2.05, 4.69) is 16.0 Å². The molecule has 2 aromatic carbocycles. The summed E-state index contributed by atoms with van der Waals surface area (Å²) in [7, 11) is 1.57. The minimum atomic E-state index is -0.273. The minimum absolute atomic E-state index is 0.0235. The molecule has 2 amide bonds. The van der Waals surface area contributed by atoms with Crippen molar-refractivity contribution in [2.24, 2.45) is 0 Å². The van der Waals surface area contributed by atoms with Gasteiger partial charge in [-0.05, 0) is 42.8 Å². The molecule has 0 radical (unpaired) electrons. The van der Waals surface area contributed by atoms with Gasteiger partial charge in [0.2, 0.25) is 5.91 Å². The van der Waals surface area contributed by atoms with Crippen LogP contribution < -0.4 is 16.0 Å². The average Bonchev–Trinajstić information content (AvgIpc) is 2.60. The standard InChI is InChI=1S/C18H17ClN4O2/c1-11-14(18(25)21-2)4-3-5-16(11)22-10-17(24)23-13-7-6-12(9-20)15(19)8-13/h3-8,22H,10H2,1-2H3,(H,21,25)(H,23,24). The van der Waals surface area contributed by atoms with Crippen LogP contribution in [-0.4, -0.2) is 25.4 Å². The second-order valence-electron chi connectivity index (χ2n) is 5.27. The molecule has 2 aromatic rings. The molecular weight excluding hydrogens is 340 g/mol. The second kappa shape index (κ2) is 8.18. The van der Waals surface area contributed by atoms with Crippen LogP contribution in [0, 0.1) is 18.3 Å². The number of rotatable bonds is 5. The lowest BCUT2D eigenvalue weighted by Crippen LogP contribution is -2.23. The van der Waals surface area contributed by atoms with Gasteiger partial charge in [-0.1, -0.05) is 17.7 Å². The van der Waals surface area contributed by atoms with E-state index in [9.17, 15) is 9.59 Å². The van der Waals surface area contributed by atoms with Gasteiger partial charge in [0.25, 0.3) is 5.91 Å². The van der Waals surface area contributed by atoms with Gasteiger partial charge in [0.1, 0.15) is 6.07 Å². The van der Waals surface area contributed by atoms with E-state index in [1.807, 2.05) is 13.0 Å². The van der Waals surface area contributed by atoms with Crippen LogP contribution in [0.4, 0.5) is 11.4 Å². The smallest absolute Gasteiger partial charge is 0.251 e. The Morgan fingerprint density at radius 3 is 2.64 bits per heavy atom. The Morgan fingerprint density at radius 2 is 2.00 bits per heavy atom. The lowest BCUT2D eigenvalue weighted by atomic mass is 10.1. The van der Waals surface area contributed by atoms with E-state index in [1.54, 1.807) is 37.4 Å². The highest BCUT2D eigenvalue weighted by molar-refractivity contribution is 6.32. The van der Waals surface area contributed by atoms with Crippen LogP contribution in [0.5, 0.6) is 0 Å². The lowest BCUT2D eigenvalue weighted by molar-refractivity contribution is -0.114. The summed E-state index contributed by atoms with van der Waals surface area (Å²) >= 11 is 5.94. The van der Waals surface area contributed by atoms with E-state index in [0.717, 1.165) is 5.56 Å². The predicted octanol–water partition coefficient (Wildman–Crippen LogP) is 2.93. The van der Waals surface area contributed by atoms with Gasteiger partial charge in [0.05, 0.1) is 17.1 Å². The fraction of sp³-hybridized carbons (Fsp3) is 0.167. The molecule has 0 aliphatic heterocycles. The van der Waals surface area contributed by atoms with Crippen LogP contribution in [-0.2, 0) is 4.79 Å². The monoisotopic (exact) mass is 356 g/mol. The summed E-state index contributed by atoms with van der Waals surface area (Å²) in [6.45, 7) is 1.83. The fourth-order valence-electron chi connectivity index (χ4n) is 2.27. The normalized spacial score (nSPS) is 9.84. The molecular formula is C18H17ClN4O2. The number of carbonyl (C=O) groups excluding carboxylic acids is 2.